The molecule has 1 aromatic carbocycles. The maximum Gasteiger partial charge on any atom is 0.235 e. The highest BCUT2D eigenvalue weighted by atomic mass is 79.9. The predicted molar refractivity (Wildman–Crippen MR) is 60.3 cm³/mol. The van der Waals surface area contributed by atoms with Crippen LogP contribution in [0.4, 0.5) is 0 Å². The first-order valence-corrected chi connectivity index (χ1v) is 6.08. The standard InChI is InChI=1S/C10H8BrNOS/c11-7-1-2-10-8(5-7)9(12-6-13)3-4-14-10/h1-2,5,9H,3-4H2. The molecule has 1 atom stereocenters. The lowest BCUT2D eigenvalue weighted by Crippen LogP contribution is -2.04. The van der Waals surface area contributed by atoms with Crippen LogP contribution < -0.4 is 0 Å². The molecule has 0 radical (unpaired) electrons. The topological polar surface area (TPSA) is 29.4 Å². The summed E-state index contributed by atoms with van der Waals surface area (Å²) >= 11 is 5.24. The number of fused-ring (bicyclic) bond motifs is 1. The molecule has 0 saturated heterocycles. The van der Waals surface area contributed by atoms with Gasteiger partial charge < -0.3 is 0 Å². The quantitative estimate of drug-likeness (QED) is 0.578. The lowest BCUT2D eigenvalue weighted by molar-refractivity contribution is 0.555. The van der Waals surface area contributed by atoms with Gasteiger partial charge >= 0.3 is 0 Å². The Morgan fingerprint density at radius 1 is 1.57 bits per heavy atom. The molecular weight excluding hydrogens is 262 g/mol. The molecule has 72 valence electrons. The molecule has 14 heavy (non-hydrogen) atoms. The SMILES string of the molecule is O=C=NC1CCSc2ccc(Br)cc21. The van der Waals surface area contributed by atoms with Crippen molar-refractivity contribution in [1.29, 1.82) is 0 Å². The number of hydrogen-bond donors (Lipinski definition) is 0. The molecule has 1 unspecified atom stereocenters. The van der Waals surface area contributed by atoms with Crippen LogP contribution in [0.25, 0.3) is 0 Å². The maximum absolute atomic E-state index is 10.3. The van der Waals surface area contributed by atoms with Gasteiger partial charge in [-0.2, -0.15) is 4.99 Å². The number of aliphatic imine (C=N–C) groups is 1. The minimum atomic E-state index is 0.00116. The van der Waals surface area contributed by atoms with Crippen LogP contribution in [0.2, 0.25) is 0 Å². The van der Waals surface area contributed by atoms with Crippen molar-refractivity contribution in [3.8, 4) is 0 Å². The highest BCUT2D eigenvalue weighted by Gasteiger charge is 2.19. The van der Waals surface area contributed by atoms with E-state index in [-0.39, 0.29) is 6.04 Å². The third-order valence-electron chi connectivity index (χ3n) is 2.19. The van der Waals surface area contributed by atoms with Crippen LogP contribution in [0.5, 0.6) is 0 Å². The first-order valence-electron chi connectivity index (χ1n) is 4.30. The van der Waals surface area contributed by atoms with Gasteiger partial charge in [0.05, 0.1) is 6.04 Å². The molecule has 1 aliphatic heterocycles. The lowest BCUT2D eigenvalue weighted by Gasteiger charge is -2.20. The van der Waals surface area contributed by atoms with Gasteiger partial charge in [-0.1, -0.05) is 15.9 Å². The third-order valence-corrected chi connectivity index (χ3v) is 3.80. The van der Waals surface area contributed by atoms with Crippen molar-refractivity contribution in [3.63, 3.8) is 0 Å². The van der Waals surface area contributed by atoms with Crippen LogP contribution in [-0.4, -0.2) is 11.8 Å². The third kappa shape index (κ3) is 1.92. The lowest BCUT2D eigenvalue weighted by atomic mass is 10.0. The molecule has 1 aliphatic rings. The Morgan fingerprint density at radius 2 is 2.43 bits per heavy atom. The van der Waals surface area contributed by atoms with Gasteiger partial charge in [0.2, 0.25) is 6.08 Å². The number of thioether (sulfide) groups is 1. The highest BCUT2D eigenvalue weighted by Crippen LogP contribution is 2.39. The first kappa shape index (κ1) is 9.97. The number of halogens is 1. The van der Waals surface area contributed by atoms with Crippen LogP contribution in [0.15, 0.2) is 32.6 Å². The average Bonchev–Trinajstić information content (AvgIpc) is 2.19. The second-order valence-corrected chi connectivity index (χ2v) is 5.11. The fourth-order valence-corrected chi connectivity index (χ4v) is 3.01. The molecule has 0 aromatic heterocycles. The van der Waals surface area contributed by atoms with E-state index in [0.29, 0.717) is 0 Å². The smallest absolute Gasteiger partial charge is 0.211 e. The zero-order chi connectivity index (χ0) is 9.97. The van der Waals surface area contributed by atoms with E-state index < -0.39 is 0 Å². The van der Waals surface area contributed by atoms with Crippen LogP contribution in [0, 0.1) is 0 Å². The van der Waals surface area contributed by atoms with Gasteiger partial charge in [-0.05, 0) is 30.2 Å². The van der Waals surface area contributed by atoms with Crippen LogP contribution in [0.3, 0.4) is 0 Å². The molecule has 1 heterocycles. The average molecular weight is 270 g/mol. The molecule has 0 N–H and O–H groups in total. The van der Waals surface area contributed by atoms with Crippen molar-refractivity contribution in [2.24, 2.45) is 4.99 Å². The molecule has 1 aromatic rings. The van der Waals surface area contributed by atoms with Crippen LogP contribution in [0.1, 0.15) is 18.0 Å². The zero-order valence-corrected chi connectivity index (χ0v) is 9.77. The summed E-state index contributed by atoms with van der Waals surface area (Å²) in [6.07, 6.45) is 2.57. The van der Waals surface area contributed by atoms with Gasteiger partial charge in [-0.15, -0.1) is 11.8 Å². The molecule has 0 fully saturated rings. The Hall–Kier alpha value is -0.570. The molecular formula is C10H8BrNOS. The van der Waals surface area contributed by atoms with E-state index in [2.05, 4.69) is 27.0 Å². The first-order chi connectivity index (χ1) is 6.81. The van der Waals surface area contributed by atoms with Crippen molar-refractivity contribution < 1.29 is 4.79 Å². The summed E-state index contributed by atoms with van der Waals surface area (Å²) in [4.78, 5) is 15.3. The number of hydrogen-bond acceptors (Lipinski definition) is 3. The van der Waals surface area contributed by atoms with E-state index in [1.165, 1.54) is 4.90 Å². The minimum absolute atomic E-state index is 0.00116. The Balaban J connectivity index is 2.46. The molecule has 2 rings (SSSR count). The fraction of sp³-hybridized carbons (Fsp3) is 0.300. The monoisotopic (exact) mass is 269 g/mol. The Bertz CT molecular complexity index is 401. The summed E-state index contributed by atoms with van der Waals surface area (Å²) in [5.74, 6) is 1.02. The molecule has 0 aliphatic carbocycles. The number of isocyanates is 1. The zero-order valence-electron chi connectivity index (χ0n) is 7.37. The molecule has 0 spiro atoms. The van der Waals surface area contributed by atoms with Crippen LogP contribution in [-0.2, 0) is 4.79 Å². The summed E-state index contributed by atoms with van der Waals surface area (Å²) < 4.78 is 1.03. The Morgan fingerprint density at radius 3 is 3.21 bits per heavy atom. The van der Waals surface area contributed by atoms with E-state index in [4.69, 9.17) is 0 Å². The normalized spacial score (nSPS) is 19.6. The highest BCUT2D eigenvalue weighted by molar-refractivity contribution is 9.10. The molecule has 4 heteroatoms. The van der Waals surface area contributed by atoms with Crippen molar-refractivity contribution >= 4 is 33.8 Å². The Labute approximate surface area is 94.9 Å². The van der Waals surface area contributed by atoms with E-state index in [0.717, 1.165) is 22.2 Å². The number of benzene rings is 1. The second kappa shape index (κ2) is 4.30. The van der Waals surface area contributed by atoms with Crippen molar-refractivity contribution in [3.05, 3.63) is 28.2 Å². The van der Waals surface area contributed by atoms with Gasteiger partial charge in [-0.25, -0.2) is 4.79 Å². The van der Waals surface area contributed by atoms with Gasteiger partial charge in [0.1, 0.15) is 0 Å². The molecule has 2 nitrogen and oxygen atoms in total. The van der Waals surface area contributed by atoms with Gasteiger partial charge in [-0.3, -0.25) is 0 Å². The number of carbonyl (C=O) groups excluding carboxylic acids is 1. The molecule has 0 saturated carbocycles. The summed E-state index contributed by atoms with van der Waals surface area (Å²) in [7, 11) is 0. The minimum Gasteiger partial charge on any atom is -0.211 e. The fourth-order valence-electron chi connectivity index (χ4n) is 1.54. The van der Waals surface area contributed by atoms with Gasteiger partial charge in [0, 0.05) is 15.1 Å². The Kier molecular flexibility index (Phi) is 3.06. The summed E-state index contributed by atoms with van der Waals surface area (Å²) in [6.45, 7) is 0. The summed E-state index contributed by atoms with van der Waals surface area (Å²) in [6, 6.07) is 6.11. The van der Waals surface area contributed by atoms with Gasteiger partial charge in [0.25, 0.3) is 0 Å². The van der Waals surface area contributed by atoms with Crippen molar-refractivity contribution in [1.82, 2.24) is 0 Å². The van der Waals surface area contributed by atoms with E-state index >= 15 is 0 Å². The molecule has 0 amide bonds. The van der Waals surface area contributed by atoms with Crippen LogP contribution >= 0.6 is 27.7 Å². The second-order valence-electron chi connectivity index (χ2n) is 3.06. The van der Waals surface area contributed by atoms with E-state index in [1.807, 2.05) is 23.9 Å². The maximum atomic E-state index is 10.3. The number of rotatable bonds is 1. The largest absolute Gasteiger partial charge is 0.235 e. The number of nitrogens with zero attached hydrogens (tertiary/aromatic N) is 1. The van der Waals surface area contributed by atoms with Crippen molar-refractivity contribution in [2.45, 2.75) is 17.4 Å². The van der Waals surface area contributed by atoms with E-state index in [9.17, 15) is 4.79 Å². The predicted octanol–water partition coefficient (Wildman–Crippen LogP) is 3.32. The molecule has 0 bridgehead atoms. The van der Waals surface area contributed by atoms with Crippen molar-refractivity contribution in [2.75, 3.05) is 5.75 Å². The summed E-state index contributed by atoms with van der Waals surface area (Å²) in [5, 5.41) is 0. The van der Waals surface area contributed by atoms with E-state index in [1.54, 1.807) is 6.08 Å². The van der Waals surface area contributed by atoms with Gasteiger partial charge in [0.15, 0.2) is 0 Å². The summed E-state index contributed by atoms with van der Waals surface area (Å²) in [5.41, 5.74) is 1.14.